The van der Waals surface area contributed by atoms with Crippen LogP contribution < -0.4 is 0 Å². The predicted octanol–water partition coefficient (Wildman–Crippen LogP) is 4.67. The van der Waals surface area contributed by atoms with Crippen LogP contribution in [0.15, 0.2) is 35.8 Å². The third-order valence-electron chi connectivity index (χ3n) is 3.01. The summed E-state index contributed by atoms with van der Waals surface area (Å²) in [7, 11) is 0. The summed E-state index contributed by atoms with van der Waals surface area (Å²) in [6.45, 7) is 4.06. The molecule has 3 aromatic rings. The number of fused-ring (bicyclic) bond motifs is 1. The average molecular weight is 277 g/mol. The molecular weight excluding hydrogens is 264 g/mol. The van der Waals surface area contributed by atoms with E-state index in [-0.39, 0.29) is 5.38 Å². The maximum absolute atomic E-state index is 6.34. The van der Waals surface area contributed by atoms with Crippen LogP contribution in [0.5, 0.6) is 0 Å². The number of halogens is 1. The van der Waals surface area contributed by atoms with E-state index in [2.05, 4.69) is 28.8 Å². The first-order valence-corrected chi connectivity index (χ1v) is 7.15. The first-order chi connectivity index (χ1) is 8.68. The monoisotopic (exact) mass is 276 g/mol. The number of aromatic nitrogens is 2. The Labute approximate surface area is 115 Å². The van der Waals surface area contributed by atoms with Crippen molar-refractivity contribution >= 4 is 28.6 Å². The van der Waals surface area contributed by atoms with Crippen LogP contribution in [0.2, 0.25) is 0 Å². The molecule has 0 aromatic carbocycles. The number of rotatable bonds is 2. The van der Waals surface area contributed by atoms with Gasteiger partial charge in [0.15, 0.2) is 0 Å². The van der Waals surface area contributed by atoms with E-state index in [1.54, 1.807) is 11.3 Å². The largest absolute Gasteiger partial charge is 0.302 e. The quantitative estimate of drug-likeness (QED) is 0.622. The van der Waals surface area contributed by atoms with Crippen molar-refractivity contribution in [1.82, 2.24) is 9.38 Å². The van der Waals surface area contributed by atoms with Crippen LogP contribution in [0, 0.1) is 6.92 Å². The molecule has 0 fully saturated rings. The van der Waals surface area contributed by atoms with Crippen LogP contribution in [0.3, 0.4) is 0 Å². The smallest absolute Gasteiger partial charge is 0.140 e. The molecule has 2 nitrogen and oxygen atoms in total. The Hall–Kier alpha value is -1.32. The maximum Gasteiger partial charge on any atom is 0.140 e. The molecule has 92 valence electrons. The maximum atomic E-state index is 6.34. The van der Waals surface area contributed by atoms with E-state index in [9.17, 15) is 0 Å². The van der Waals surface area contributed by atoms with Crippen molar-refractivity contribution in [2.45, 2.75) is 19.2 Å². The van der Waals surface area contributed by atoms with Crippen molar-refractivity contribution in [1.29, 1.82) is 0 Å². The molecular formula is C14H13ClN2S. The van der Waals surface area contributed by atoms with E-state index in [1.165, 1.54) is 10.4 Å². The highest BCUT2D eigenvalue weighted by Crippen LogP contribution is 2.34. The number of aryl methyl sites for hydroxylation is 1. The van der Waals surface area contributed by atoms with Gasteiger partial charge in [-0.1, -0.05) is 12.1 Å². The Morgan fingerprint density at radius 1 is 1.33 bits per heavy atom. The highest BCUT2D eigenvalue weighted by atomic mass is 35.5. The van der Waals surface area contributed by atoms with E-state index >= 15 is 0 Å². The summed E-state index contributed by atoms with van der Waals surface area (Å²) in [5, 5.41) is 1.99. The van der Waals surface area contributed by atoms with Gasteiger partial charge in [0.2, 0.25) is 0 Å². The van der Waals surface area contributed by atoms with Gasteiger partial charge in [0.1, 0.15) is 11.3 Å². The molecule has 3 aromatic heterocycles. The van der Waals surface area contributed by atoms with Gasteiger partial charge in [-0.2, -0.15) is 0 Å². The fourth-order valence-corrected chi connectivity index (χ4v) is 3.13. The third-order valence-corrected chi connectivity index (χ3v) is 4.10. The standard InChI is InChI=1S/C14H13ClN2S/c1-9-5-3-7-17-13(10(2)15)12(16-14(9)17)11-6-4-8-18-11/h3-8,10H,1-2H3. The Morgan fingerprint density at radius 3 is 2.83 bits per heavy atom. The molecule has 0 spiro atoms. The summed E-state index contributed by atoms with van der Waals surface area (Å²) in [6.07, 6.45) is 2.03. The van der Waals surface area contributed by atoms with E-state index in [0.29, 0.717) is 0 Å². The van der Waals surface area contributed by atoms with Crippen molar-refractivity contribution in [3.8, 4) is 10.6 Å². The second-order valence-corrected chi connectivity index (χ2v) is 5.93. The minimum Gasteiger partial charge on any atom is -0.302 e. The Bertz CT molecular complexity index is 683. The minimum atomic E-state index is -0.0705. The molecule has 3 rings (SSSR count). The number of alkyl halides is 1. The third kappa shape index (κ3) is 1.74. The number of nitrogens with zero attached hydrogens (tertiary/aromatic N) is 2. The second kappa shape index (κ2) is 4.41. The molecule has 18 heavy (non-hydrogen) atoms. The summed E-state index contributed by atoms with van der Waals surface area (Å²) in [5.74, 6) is 0. The van der Waals surface area contributed by atoms with Gasteiger partial charge >= 0.3 is 0 Å². The molecule has 0 amide bonds. The molecule has 0 saturated carbocycles. The number of hydrogen-bond acceptors (Lipinski definition) is 2. The van der Waals surface area contributed by atoms with Crippen molar-refractivity contribution in [3.05, 3.63) is 47.1 Å². The molecule has 3 heterocycles. The van der Waals surface area contributed by atoms with Crippen LogP contribution in [-0.2, 0) is 0 Å². The lowest BCUT2D eigenvalue weighted by Crippen LogP contribution is -1.95. The summed E-state index contributed by atoms with van der Waals surface area (Å²) in [5.41, 5.74) is 4.22. The van der Waals surface area contributed by atoms with E-state index in [4.69, 9.17) is 16.6 Å². The molecule has 0 aliphatic carbocycles. The molecule has 1 atom stereocenters. The molecule has 0 aliphatic rings. The summed E-state index contributed by atoms with van der Waals surface area (Å²) >= 11 is 8.04. The number of thiophene rings is 1. The molecule has 0 N–H and O–H groups in total. The highest BCUT2D eigenvalue weighted by Gasteiger charge is 2.19. The lowest BCUT2D eigenvalue weighted by molar-refractivity contribution is 0.963. The number of hydrogen-bond donors (Lipinski definition) is 0. The lowest BCUT2D eigenvalue weighted by atomic mass is 10.2. The van der Waals surface area contributed by atoms with Crippen LogP contribution in [-0.4, -0.2) is 9.38 Å². The fourth-order valence-electron chi connectivity index (χ4n) is 2.20. The van der Waals surface area contributed by atoms with Gasteiger partial charge in [-0.15, -0.1) is 22.9 Å². The van der Waals surface area contributed by atoms with Gasteiger partial charge in [0, 0.05) is 6.20 Å². The van der Waals surface area contributed by atoms with Crippen molar-refractivity contribution in [2.24, 2.45) is 0 Å². The van der Waals surface area contributed by atoms with Crippen molar-refractivity contribution < 1.29 is 0 Å². The van der Waals surface area contributed by atoms with Gasteiger partial charge in [-0.05, 0) is 36.9 Å². The Balaban J connectivity index is 2.38. The van der Waals surface area contributed by atoms with Gasteiger partial charge in [0.25, 0.3) is 0 Å². The van der Waals surface area contributed by atoms with Gasteiger partial charge in [-0.3, -0.25) is 0 Å². The Kier molecular flexibility index (Phi) is 2.88. The topological polar surface area (TPSA) is 17.3 Å². The number of imidazole rings is 1. The minimum absolute atomic E-state index is 0.0705. The molecule has 1 unspecified atom stereocenters. The molecule has 0 bridgehead atoms. The fraction of sp³-hybridized carbons (Fsp3) is 0.214. The van der Waals surface area contributed by atoms with Gasteiger partial charge < -0.3 is 4.40 Å². The van der Waals surface area contributed by atoms with E-state index < -0.39 is 0 Å². The lowest BCUT2D eigenvalue weighted by Gasteiger charge is -2.06. The van der Waals surface area contributed by atoms with Crippen LogP contribution in [0.1, 0.15) is 23.6 Å². The summed E-state index contributed by atoms with van der Waals surface area (Å²) in [6, 6.07) is 8.23. The van der Waals surface area contributed by atoms with E-state index in [1.807, 2.05) is 25.3 Å². The molecule has 0 radical (unpaired) electrons. The van der Waals surface area contributed by atoms with Crippen molar-refractivity contribution in [3.63, 3.8) is 0 Å². The molecule has 0 aliphatic heterocycles. The zero-order valence-electron chi connectivity index (χ0n) is 10.2. The Morgan fingerprint density at radius 2 is 2.17 bits per heavy atom. The highest BCUT2D eigenvalue weighted by molar-refractivity contribution is 7.13. The van der Waals surface area contributed by atoms with E-state index in [0.717, 1.165) is 17.0 Å². The summed E-state index contributed by atoms with van der Waals surface area (Å²) < 4.78 is 2.10. The molecule has 0 saturated heterocycles. The first kappa shape index (κ1) is 11.8. The van der Waals surface area contributed by atoms with Crippen LogP contribution in [0.25, 0.3) is 16.2 Å². The van der Waals surface area contributed by atoms with Crippen LogP contribution in [0.4, 0.5) is 0 Å². The predicted molar refractivity (Wildman–Crippen MR) is 77.5 cm³/mol. The zero-order valence-corrected chi connectivity index (χ0v) is 11.8. The average Bonchev–Trinajstić information content (AvgIpc) is 2.95. The second-order valence-electron chi connectivity index (χ2n) is 4.32. The molecule has 4 heteroatoms. The number of pyridine rings is 1. The van der Waals surface area contributed by atoms with Crippen molar-refractivity contribution in [2.75, 3.05) is 0 Å². The van der Waals surface area contributed by atoms with Gasteiger partial charge in [-0.25, -0.2) is 4.98 Å². The normalized spacial score (nSPS) is 13.1. The zero-order chi connectivity index (χ0) is 12.7. The van der Waals surface area contributed by atoms with Crippen LogP contribution >= 0.6 is 22.9 Å². The SMILES string of the molecule is Cc1cccn2c(C(C)Cl)c(-c3cccs3)nc12. The van der Waals surface area contributed by atoms with Gasteiger partial charge in [0.05, 0.1) is 15.9 Å². The first-order valence-electron chi connectivity index (χ1n) is 5.84. The summed E-state index contributed by atoms with van der Waals surface area (Å²) in [4.78, 5) is 5.93.